The number of halogens is 1. The number of aliphatic hydroxyl groups is 1. The minimum Gasteiger partial charge on any atom is -0.508 e. The van der Waals surface area contributed by atoms with Crippen LogP contribution in [-0.4, -0.2) is 27.7 Å². The topological polar surface area (TPSA) is 146 Å². The van der Waals surface area contributed by atoms with E-state index in [4.69, 9.17) is 28.8 Å². The average molecular weight is 339 g/mol. The van der Waals surface area contributed by atoms with Gasteiger partial charge in [0.15, 0.2) is 0 Å². The largest absolute Gasteiger partial charge is 0.508 e. The second kappa shape index (κ2) is 7.12. The zero-order chi connectivity index (χ0) is 17.0. The first-order chi connectivity index (χ1) is 10.9. The standard InChI is InChI=1S/C14H19ClN6O2/c15-12-13(17)21(11(16)7-19-12)14(18)20-10(5-6-22)8-1-3-9(23)4-2-8/h1-4,7,10,19,22-23H,5-6,16-17H2,(H2,18,20). The molecule has 1 aromatic rings. The summed E-state index contributed by atoms with van der Waals surface area (Å²) in [6, 6.07) is 6.06. The number of nitrogens with two attached hydrogens (primary N) is 3. The summed E-state index contributed by atoms with van der Waals surface area (Å²) in [5.41, 5.74) is 18.5. The Labute approximate surface area is 138 Å². The lowest BCUT2D eigenvalue weighted by Gasteiger charge is -2.28. The summed E-state index contributed by atoms with van der Waals surface area (Å²) in [5, 5.41) is 21.5. The number of nitrogens with one attached hydrogen (secondary N) is 1. The first-order valence-corrected chi connectivity index (χ1v) is 7.22. The molecule has 0 bridgehead atoms. The van der Waals surface area contributed by atoms with Crippen molar-refractivity contribution in [1.82, 2.24) is 10.2 Å². The Balaban J connectivity index is 2.33. The highest BCUT2D eigenvalue weighted by Gasteiger charge is 2.22. The molecule has 0 aromatic heterocycles. The quantitative estimate of drug-likeness (QED) is 0.259. The van der Waals surface area contributed by atoms with Crippen molar-refractivity contribution < 1.29 is 10.2 Å². The number of aromatic hydroxyl groups is 1. The van der Waals surface area contributed by atoms with Crippen LogP contribution in [0.4, 0.5) is 0 Å². The molecular formula is C14H19ClN6O2. The lowest BCUT2D eigenvalue weighted by Crippen LogP contribution is -2.45. The van der Waals surface area contributed by atoms with E-state index in [1.807, 2.05) is 0 Å². The molecule has 1 aromatic carbocycles. The Morgan fingerprint density at radius 3 is 2.57 bits per heavy atom. The second-order valence-electron chi connectivity index (χ2n) is 4.86. The van der Waals surface area contributed by atoms with Crippen molar-refractivity contribution in [3.05, 3.63) is 52.8 Å². The maximum atomic E-state index is 9.37. The number of hydrogen-bond acceptors (Lipinski definition) is 6. The summed E-state index contributed by atoms with van der Waals surface area (Å²) in [4.78, 5) is 5.69. The third kappa shape index (κ3) is 3.79. The number of phenolic OH excluding ortho intramolecular Hbond substituents is 1. The van der Waals surface area contributed by atoms with Crippen molar-refractivity contribution in [3.63, 3.8) is 0 Å². The molecule has 8 nitrogen and oxygen atoms in total. The zero-order valence-electron chi connectivity index (χ0n) is 12.3. The predicted octanol–water partition coefficient (Wildman–Crippen LogP) is 0.117. The third-order valence-corrected chi connectivity index (χ3v) is 3.57. The van der Waals surface area contributed by atoms with Gasteiger partial charge < -0.3 is 32.7 Å². The Morgan fingerprint density at radius 2 is 1.96 bits per heavy atom. The van der Waals surface area contributed by atoms with Crippen LogP contribution in [0.1, 0.15) is 18.0 Å². The molecule has 23 heavy (non-hydrogen) atoms. The van der Waals surface area contributed by atoms with Crippen LogP contribution in [0, 0.1) is 0 Å². The van der Waals surface area contributed by atoms with Gasteiger partial charge in [0.25, 0.3) is 0 Å². The summed E-state index contributed by atoms with van der Waals surface area (Å²) >= 11 is 5.93. The molecule has 124 valence electrons. The lowest BCUT2D eigenvalue weighted by atomic mass is 10.0. The number of phenols is 1. The molecule has 0 radical (unpaired) electrons. The van der Waals surface area contributed by atoms with Crippen molar-refractivity contribution in [3.8, 4) is 5.75 Å². The highest BCUT2D eigenvalue weighted by atomic mass is 35.5. The first kappa shape index (κ1) is 16.8. The molecule has 2 rings (SSSR count). The fraction of sp³-hybridized carbons (Fsp3) is 0.214. The van der Waals surface area contributed by atoms with Crippen molar-refractivity contribution in [2.45, 2.75) is 12.5 Å². The van der Waals surface area contributed by atoms with Gasteiger partial charge in [0.1, 0.15) is 22.5 Å². The molecule has 1 heterocycles. The molecule has 9 heteroatoms. The van der Waals surface area contributed by atoms with Crippen LogP contribution in [0.2, 0.25) is 0 Å². The molecule has 0 saturated heterocycles. The van der Waals surface area contributed by atoms with Gasteiger partial charge in [-0.25, -0.2) is 9.89 Å². The summed E-state index contributed by atoms with van der Waals surface area (Å²) in [6.45, 7) is -0.0821. The van der Waals surface area contributed by atoms with Crippen LogP contribution in [-0.2, 0) is 0 Å². The third-order valence-electron chi connectivity index (χ3n) is 3.27. The average Bonchev–Trinajstić information content (AvgIpc) is 2.52. The van der Waals surface area contributed by atoms with E-state index >= 15 is 0 Å². The Bertz CT molecular complexity index is 656. The van der Waals surface area contributed by atoms with Crippen molar-refractivity contribution in [1.29, 1.82) is 0 Å². The van der Waals surface area contributed by atoms with Crippen LogP contribution < -0.4 is 22.5 Å². The van der Waals surface area contributed by atoms with Gasteiger partial charge >= 0.3 is 0 Å². The second-order valence-corrected chi connectivity index (χ2v) is 5.23. The molecule has 1 unspecified atom stereocenters. The number of nitrogens with zero attached hydrogens (tertiary/aromatic N) is 2. The SMILES string of the molecule is NC1=CNC(Cl)=C(N)N1C(N)=NC(CCO)c1ccc(O)cc1. The van der Waals surface area contributed by atoms with E-state index < -0.39 is 6.04 Å². The van der Waals surface area contributed by atoms with Gasteiger partial charge in [0.2, 0.25) is 5.96 Å². The molecule has 1 aliphatic heterocycles. The summed E-state index contributed by atoms with van der Waals surface area (Å²) in [6.07, 6.45) is 1.79. The molecule has 9 N–H and O–H groups in total. The first-order valence-electron chi connectivity index (χ1n) is 6.84. The van der Waals surface area contributed by atoms with Gasteiger partial charge in [-0.3, -0.25) is 0 Å². The number of aliphatic imine (C=N–C) groups is 1. The van der Waals surface area contributed by atoms with E-state index in [9.17, 15) is 10.2 Å². The Kier molecular flexibility index (Phi) is 5.20. The Morgan fingerprint density at radius 1 is 1.30 bits per heavy atom. The Hall–Kier alpha value is -2.58. The monoisotopic (exact) mass is 338 g/mol. The normalized spacial score (nSPS) is 16.9. The predicted molar refractivity (Wildman–Crippen MR) is 88.5 cm³/mol. The molecular weight excluding hydrogens is 320 g/mol. The fourth-order valence-electron chi connectivity index (χ4n) is 2.11. The van der Waals surface area contributed by atoms with Crippen LogP contribution in [0.3, 0.4) is 0 Å². The highest BCUT2D eigenvalue weighted by molar-refractivity contribution is 6.29. The van der Waals surface area contributed by atoms with Crippen LogP contribution >= 0.6 is 11.6 Å². The number of aliphatic hydroxyl groups excluding tert-OH is 1. The summed E-state index contributed by atoms with van der Waals surface area (Å²) in [7, 11) is 0. The van der Waals surface area contributed by atoms with Gasteiger partial charge in [-0.2, -0.15) is 0 Å². The molecule has 0 spiro atoms. The van der Waals surface area contributed by atoms with Crippen LogP contribution in [0.5, 0.6) is 5.75 Å². The molecule has 0 fully saturated rings. The fourth-order valence-corrected chi connectivity index (χ4v) is 2.25. The lowest BCUT2D eigenvalue weighted by molar-refractivity contribution is 0.276. The van der Waals surface area contributed by atoms with E-state index in [0.29, 0.717) is 6.42 Å². The number of hydrogen-bond donors (Lipinski definition) is 6. The summed E-state index contributed by atoms with van der Waals surface area (Å²) < 4.78 is 0. The van der Waals surface area contributed by atoms with Gasteiger partial charge in [-0.1, -0.05) is 23.7 Å². The van der Waals surface area contributed by atoms with Gasteiger partial charge in [-0.05, 0) is 24.1 Å². The van der Waals surface area contributed by atoms with Gasteiger partial charge in [-0.15, -0.1) is 0 Å². The summed E-state index contributed by atoms with van der Waals surface area (Å²) in [5.74, 6) is 0.548. The smallest absolute Gasteiger partial charge is 0.203 e. The number of guanidine groups is 1. The van der Waals surface area contributed by atoms with Gasteiger partial charge in [0.05, 0.1) is 6.04 Å². The minimum absolute atomic E-state index is 0.0439. The highest BCUT2D eigenvalue weighted by Crippen LogP contribution is 2.24. The zero-order valence-corrected chi connectivity index (χ0v) is 13.0. The van der Waals surface area contributed by atoms with E-state index in [0.717, 1.165) is 5.56 Å². The maximum absolute atomic E-state index is 9.37. The molecule has 0 amide bonds. The molecule has 1 aliphatic rings. The molecule has 0 aliphatic carbocycles. The van der Waals surface area contributed by atoms with E-state index in [1.54, 1.807) is 12.1 Å². The van der Waals surface area contributed by atoms with E-state index in [-0.39, 0.29) is 35.1 Å². The maximum Gasteiger partial charge on any atom is 0.203 e. The number of benzene rings is 1. The van der Waals surface area contributed by atoms with E-state index in [1.165, 1.54) is 23.2 Å². The minimum atomic E-state index is -0.421. The number of rotatable bonds is 4. The van der Waals surface area contributed by atoms with Crippen LogP contribution in [0.25, 0.3) is 0 Å². The van der Waals surface area contributed by atoms with Crippen LogP contribution in [0.15, 0.2) is 52.3 Å². The van der Waals surface area contributed by atoms with Crippen molar-refractivity contribution >= 4 is 17.6 Å². The molecule has 1 atom stereocenters. The van der Waals surface area contributed by atoms with E-state index in [2.05, 4.69) is 10.3 Å². The molecule has 0 saturated carbocycles. The van der Waals surface area contributed by atoms with Crippen molar-refractivity contribution in [2.24, 2.45) is 22.2 Å². The van der Waals surface area contributed by atoms with Crippen molar-refractivity contribution in [2.75, 3.05) is 6.61 Å². The van der Waals surface area contributed by atoms with Gasteiger partial charge in [0, 0.05) is 12.8 Å².